The van der Waals surface area contributed by atoms with Gasteiger partial charge in [-0.25, -0.2) is 0 Å². The van der Waals surface area contributed by atoms with Crippen LogP contribution in [-0.4, -0.2) is 55.3 Å². The maximum absolute atomic E-state index is 11.8. The minimum absolute atomic E-state index is 0.0924. The van der Waals surface area contributed by atoms with Crippen LogP contribution in [0.15, 0.2) is 0 Å². The van der Waals surface area contributed by atoms with Gasteiger partial charge in [-0.1, -0.05) is 20.8 Å². The minimum atomic E-state index is -0.202. The first-order valence-electron chi connectivity index (χ1n) is 5.75. The number of carbonyl (C=O) groups excluding carboxylic acids is 2. The molecule has 5 heteroatoms. The molecule has 5 nitrogen and oxygen atoms in total. The Bertz CT molecular complexity index is 282. The Kier molecular flexibility index (Phi) is 5.61. The van der Waals surface area contributed by atoms with E-state index in [-0.39, 0.29) is 36.2 Å². The van der Waals surface area contributed by atoms with Crippen LogP contribution in [0.5, 0.6) is 0 Å². The highest BCUT2D eigenvalue weighted by Gasteiger charge is 2.25. The third kappa shape index (κ3) is 5.68. The predicted octanol–water partition coefficient (Wildman–Crippen LogP) is 0.297. The molecule has 0 saturated carbocycles. The van der Waals surface area contributed by atoms with Crippen LogP contribution >= 0.6 is 0 Å². The van der Waals surface area contributed by atoms with E-state index in [1.165, 1.54) is 9.80 Å². The molecule has 100 valence electrons. The Morgan fingerprint density at radius 3 is 1.94 bits per heavy atom. The van der Waals surface area contributed by atoms with Crippen molar-refractivity contribution in [3.8, 4) is 0 Å². The van der Waals surface area contributed by atoms with E-state index >= 15 is 0 Å². The first-order valence-corrected chi connectivity index (χ1v) is 5.75. The van der Waals surface area contributed by atoms with Crippen molar-refractivity contribution in [3.05, 3.63) is 0 Å². The summed E-state index contributed by atoms with van der Waals surface area (Å²) in [4.78, 5) is 26.2. The lowest BCUT2D eigenvalue weighted by molar-refractivity contribution is -0.138. The van der Waals surface area contributed by atoms with Gasteiger partial charge >= 0.3 is 0 Å². The SMILES string of the molecule is CN(C)C(=O)CN(C)C(=O)CC(N)C(C)(C)C. The number of carbonyl (C=O) groups is 2. The Labute approximate surface area is 104 Å². The van der Waals surface area contributed by atoms with Crippen LogP contribution in [-0.2, 0) is 9.59 Å². The van der Waals surface area contributed by atoms with Gasteiger partial charge in [0.25, 0.3) is 0 Å². The molecule has 0 aromatic carbocycles. The molecule has 1 atom stereocenters. The van der Waals surface area contributed by atoms with Crippen LogP contribution in [0.1, 0.15) is 27.2 Å². The molecule has 0 fully saturated rings. The second-order valence-electron chi connectivity index (χ2n) is 5.71. The lowest BCUT2D eigenvalue weighted by Crippen LogP contribution is -2.43. The van der Waals surface area contributed by atoms with Crippen molar-refractivity contribution in [2.75, 3.05) is 27.7 Å². The van der Waals surface area contributed by atoms with E-state index in [0.29, 0.717) is 0 Å². The first-order chi connectivity index (χ1) is 7.55. The van der Waals surface area contributed by atoms with Crippen molar-refractivity contribution in [2.24, 2.45) is 11.1 Å². The van der Waals surface area contributed by atoms with Crippen LogP contribution in [0.4, 0.5) is 0 Å². The minimum Gasteiger partial charge on any atom is -0.347 e. The molecule has 0 saturated heterocycles. The number of hydrogen-bond acceptors (Lipinski definition) is 3. The quantitative estimate of drug-likeness (QED) is 0.772. The second kappa shape index (κ2) is 6.00. The number of rotatable bonds is 4. The maximum Gasteiger partial charge on any atom is 0.241 e. The zero-order valence-corrected chi connectivity index (χ0v) is 11.8. The number of nitrogens with two attached hydrogens (primary N) is 1. The van der Waals surface area contributed by atoms with E-state index in [2.05, 4.69) is 0 Å². The van der Waals surface area contributed by atoms with Crippen molar-refractivity contribution in [1.29, 1.82) is 0 Å². The van der Waals surface area contributed by atoms with Crippen molar-refractivity contribution >= 4 is 11.8 Å². The summed E-state index contributed by atoms with van der Waals surface area (Å²) in [5.74, 6) is -0.187. The fourth-order valence-electron chi connectivity index (χ4n) is 1.08. The average molecular weight is 243 g/mol. The zero-order chi connectivity index (χ0) is 13.8. The van der Waals surface area contributed by atoms with Gasteiger partial charge < -0.3 is 15.5 Å². The predicted molar refractivity (Wildman–Crippen MR) is 68.4 cm³/mol. The van der Waals surface area contributed by atoms with Crippen molar-refractivity contribution < 1.29 is 9.59 Å². The smallest absolute Gasteiger partial charge is 0.241 e. The van der Waals surface area contributed by atoms with Crippen LogP contribution in [0.25, 0.3) is 0 Å². The Hall–Kier alpha value is -1.10. The normalized spacial score (nSPS) is 13.1. The van der Waals surface area contributed by atoms with E-state index < -0.39 is 0 Å². The fraction of sp³-hybridized carbons (Fsp3) is 0.833. The maximum atomic E-state index is 11.8. The van der Waals surface area contributed by atoms with Crippen LogP contribution < -0.4 is 5.73 Å². The summed E-state index contributed by atoms with van der Waals surface area (Å²) in [6.45, 7) is 6.09. The third-order valence-corrected chi connectivity index (χ3v) is 2.80. The highest BCUT2D eigenvalue weighted by atomic mass is 16.2. The molecule has 0 radical (unpaired) electrons. The van der Waals surface area contributed by atoms with Gasteiger partial charge in [-0.2, -0.15) is 0 Å². The molecule has 0 bridgehead atoms. The van der Waals surface area contributed by atoms with Crippen molar-refractivity contribution in [3.63, 3.8) is 0 Å². The summed E-state index contributed by atoms with van der Waals surface area (Å²) in [7, 11) is 4.96. The van der Waals surface area contributed by atoms with Gasteiger partial charge in [0.15, 0.2) is 0 Å². The van der Waals surface area contributed by atoms with Crippen molar-refractivity contribution in [1.82, 2.24) is 9.80 Å². The van der Waals surface area contributed by atoms with E-state index in [1.807, 2.05) is 20.8 Å². The molecule has 1 unspecified atom stereocenters. The molecule has 17 heavy (non-hydrogen) atoms. The summed E-state index contributed by atoms with van der Waals surface area (Å²) >= 11 is 0. The summed E-state index contributed by atoms with van der Waals surface area (Å²) in [5.41, 5.74) is 5.83. The summed E-state index contributed by atoms with van der Waals surface area (Å²) in [5, 5.41) is 0. The molecular formula is C12H25N3O2. The monoisotopic (exact) mass is 243 g/mol. The lowest BCUT2D eigenvalue weighted by Gasteiger charge is -2.28. The molecule has 0 aliphatic heterocycles. The summed E-state index contributed by atoms with van der Waals surface area (Å²) in [6, 6.07) is -0.202. The lowest BCUT2D eigenvalue weighted by atomic mass is 9.85. The Balaban J connectivity index is 4.29. The molecule has 0 aliphatic rings. The van der Waals surface area contributed by atoms with E-state index in [1.54, 1.807) is 21.1 Å². The van der Waals surface area contributed by atoms with Crippen molar-refractivity contribution in [2.45, 2.75) is 33.2 Å². The van der Waals surface area contributed by atoms with Gasteiger partial charge in [0.1, 0.15) is 0 Å². The average Bonchev–Trinajstić information content (AvgIpc) is 2.15. The summed E-state index contributed by atoms with van der Waals surface area (Å²) < 4.78 is 0. The topological polar surface area (TPSA) is 66.6 Å². The fourth-order valence-corrected chi connectivity index (χ4v) is 1.08. The van der Waals surface area contributed by atoms with Gasteiger partial charge in [0.05, 0.1) is 6.54 Å². The number of hydrogen-bond donors (Lipinski definition) is 1. The second-order valence-corrected chi connectivity index (χ2v) is 5.71. The molecule has 0 aromatic heterocycles. The van der Waals surface area contributed by atoms with Gasteiger partial charge in [0.2, 0.25) is 11.8 Å². The molecule has 2 N–H and O–H groups in total. The molecule has 0 rings (SSSR count). The van der Waals surface area contributed by atoms with Crippen LogP contribution in [0.3, 0.4) is 0 Å². The summed E-state index contributed by atoms with van der Waals surface area (Å²) in [6.07, 6.45) is 0.265. The standard InChI is InChI=1S/C12H25N3O2/c1-12(2,3)9(13)7-10(16)15(6)8-11(17)14(4)5/h9H,7-8,13H2,1-6H3. The van der Waals surface area contributed by atoms with E-state index in [4.69, 9.17) is 5.73 Å². The van der Waals surface area contributed by atoms with Gasteiger partial charge in [0, 0.05) is 33.6 Å². The zero-order valence-electron chi connectivity index (χ0n) is 11.8. The molecule has 0 aliphatic carbocycles. The largest absolute Gasteiger partial charge is 0.347 e. The number of amides is 2. The first kappa shape index (κ1) is 15.9. The Morgan fingerprint density at radius 1 is 1.12 bits per heavy atom. The highest BCUT2D eigenvalue weighted by Crippen LogP contribution is 2.20. The van der Waals surface area contributed by atoms with Crippen LogP contribution in [0, 0.1) is 5.41 Å². The third-order valence-electron chi connectivity index (χ3n) is 2.80. The highest BCUT2D eigenvalue weighted by molar-refractivity contribution is 5.84. The molecule has 2 amide bonds. The number of likely N-dealkylation sites (N-methyl/N-ethyl adjacent to an activating group) is 2. The molecular weight excluding hydrogens is 218 g/mol. The van der Waals surface area contributed by atoms with Gasteiger partial charge in [-0.05, 0) is 5.41 Å². The molecule has 0 spiro atoms. The van der Waals surface area contributed by atoms with Gasteiger partial charge in [-0.15, -0.1) is 0 Å². The van der Waals surface area contributed by atoms with E-state index in [9.17, 15) is 9.59 Å². The van der Waals surface area contributed by atoms with Crippen LogP contribution in [0.2, 0.25) is 0 Å². The van der Waals surface area contributed by atoms with Gasteiger partial charge in [-0.3, -0.25) is 9.59 Å². The molecule has 0 heterocycles. The molecule has 0 aromatic rings. The number of nitrogens with zero attached hydrogens (tertiary/aromatic N) is 2. The Morgan fingerprint density at radius 2 is 1.59 bits per heavy atom. The van der Waals surface area contributed by atoms with E-state index in [0.717, 1.165) is 0 Å².